The minimum absolute atomic E-state index is 0.180. The van der Waals surface area contributed by atoms with E-state index in [1.807, 2.05) is 30.1 Å². The first kappa shape index (κ1) is 10.2. The van der Waals surface area contributed by atoms with Crippen molar-refractivity contribution in [3.8, 4) is 0 Å². The van der Waals surface area contributed by atoms with Crippen molar-refractivity contribution in [1.82, 2.24) is 4.90 Å². The van der Waals surface area contributed by atoms with E-state index in [-0.39, 0.29) is 6.04 Å². The number of benzene rings is 1. The third-order valence-electron chi connectivity index (χ3n) is 3.14. The van der Waals surface area contributed by atoms with Crippen molar-refractivity contribution in [3.05, 3.63) is 35.9 Å². The Morgan fingerprint density at radius 2 is 1.93 bits per heavy atom. The Balaban J connectivity index is 2.06. The van der Waals surface area contributed by atoms with Gasteiger partial charge in [0.2, 0.25) is 5.91 Å². The van der Waals surface area contributed by atoms with Crippen molar-refractivity contribution < 1.29 is 4.79 Å². The van der Waals surface area contributed by atoms with Crippen molar-refractivity contribution in [3.63, 3.8) is 0 Å². The van der Waals surface area contributed by atoms with Gasteiger partial charge < -0.3 is 4.90 Å². The van der Waals surface area contributed by atoms with Crippen molar-refractivity contribution in [2.24, 2.45) is 5.92 Å². The summed E-state index contributed by atoms with van der Waals surface area (Å²) in [6.45, 7) is 2.08. The zero-order valence-corrected chi connectivity index (χ0v) is 9.31. The average Bonchev–Trinajstić information content (AvgIpc) is 3.11. The van der Waals surface area contributed by atoms with Crippen LogP contribution in [-0.4, -0.2) is 17.9 Å². The maximum Gasteiger partial charge on any atom is 0.225 e. The Kier molecular flexibility index (Phi) is 2.76. The Morgan fingerprint density at radius 3 is 2.47 bits per heavy atom. The smallest absolute Gasteiger partial charge is 0.225 e. The zero-order valence-electron chi connectivity index (χ0n) is 9.31. The molecule has 0 spiro atoms. The number of carbonyl (C=O) groups excluding carboxylic acids is 1. The second-order valence-electron chi connectivity index (χ2n) is 4.31. The lowest BCUT2D eigenvalue weighted by Crippen LogP contribution is -2.30. The van der Waals surface area contributed by atoms with Gasteiger partial charge in [0.25, 0.3) is 0 Å². The molecule has 0 heterocycles. The Hall–Kier alpha value is -1.31. The van der Waals surface area contributed by atoms with Crippen molar-refractivity contribution >= 4 is 5.91 Å². The van der Waals surface area contributed by atoms with Gasteiger partial charge in [0.15, 0.2) is 0 Å². The largest absolute Gasteiger partial charge is 0.339 e. The molecule has 0 aliphatic heterocycles. The molecule has 0 N–H and O–H groups in total. The fourth-order valence-electron chi connectivity index (χ4n) is 1.76. The summed E-state index contributed by atoms with van der Waals surface area (Å²) < 4.78 is 0. The van der Waals surface area contributed by atoms with Crippen LogP contribution in [0.15, 0.2) is 30.3 Å². The van der Waals surface area contributed by atoms with Crippen LogP contribution in [0.3, 0.4) is 0 Å². The molecule has 1 saturated carbocycles. The predicted molar refractivity (Wildman–Crippen MR) is 60.4 cm³/mol. The Bertz CT molecular complexity index is 343. The summed E-state index contributed by atoms with van der Waals surface area (Å²) in [5, 5.41) is 0. The monoisotopic (exact) mass is 203 g/mol. The van der Waals surface area contributed by atoms with Gasteiger partial charge in [-0.15, -0.1) is 0 Å². The number of carbonyl (C=O) groups is 1. The third kappa shape index (κ3) is 2.20. The predicted octanol–water partition coefficient (Wildman–Crippen LogP) is 2.62. The topological polar surface area (TPSA) is 20.3 Å². The molecular formula is C13H17NO. The van der Waals surface area contributed by atoms with Crippen LogP contribution in [0, 0.1) is 5.92 Å². The standard InChI is InChI=1S/C13H17NO/c1-10(11-6-4-3-5-7-11)14(2)13(15)12-8-9-12/h3-7,10,12H,8-9H2,1-2H3/t10-/m0/s1. The molecule has 1 amide bonds. The molecule has 15 heavy (non-hydrogen) atoms. The summed E-state index contributed by atoms with van der Waals surface area (Å²) in [5.74, 6) is 0.604. The fourth-order valence-corrected chi connectivity index (χ4v) is 1.76. The maximum absolute atomic E-state index is 11.8. The highest BCUT2D eigenvalue weighted by Crippen LogP contribution is 2.33. The SMILES string of the molecule is C[C@@H](c1ccccc1)N(C)C(=O)C1CC1. The number of hydrogen-bond acceptors (Lipinski definition) is 1. The molecule has 1 aromatic carbocycles. The van der Waals surface area contributed by atoms with E-state index < -0.39 is 0 Å². The highest BCUT2D eigenvalue weighted by Gasteiger charge is 2.33. The van der Waals surface area contributed by atoms with Crippen LogP contribution in [-0.2, 0) is 4.79 Å². The Morgan fingerprint density at radius 1 is 1.33 bits per heavy atom. The lowest BCUT2D eigenvalue weighted by molar-refractivity contribution is -0.133. The summed E-state index contributed by atoms with van der Waals surface area (Å²) in [4.78, 5) is 13.7. The van der Waals surface area contributed by atoms with E-state index in [1.165, 1.54) is 5.56 Å². The van der Waals surface area contributed by atoms with Gasteiger partial charge in [0.05, 0.1) is 6.04 Å². The highest BCUT2D eigenvalue weighted by atomic mass is 16.2. The van der Waals surface area contributed by atoms with Crippen LogP contribution in [0.5, 0.6) is 0 Å². The van der Waals surface area contributed by atoms with Gasteiger partial charge in [0.1, 0.15) is 0 Å². The quantitative estimate of drug-likeness (QED) is 0.739. The minimum Gasteiger partial charge on any atom is -0.339 e. The van der Waals surface area contributed by atoms with Gasteiger partial charge in [-0.3, -0.25) is 4.79 Å². The fraction of sp³-hybridized carbons (Fsp3) is 0.462. The van der Waals surface area contributed by atoms with Gasteiger partial charge in [-0.2, -0.15) is 0 Å². The first-order valence-corrected chi connectivity index (χ1v) is 5.52. The Labute approximate surface area is 90.9 Å². The molecule has 80 valence electrons. The molecular weight excluding hydrogens is 186 g/mol. The number of nitrogens with zero attached hydrogens (tertiary/aromatic N) is 1. The summed E-state index contributed by atoms with van der Waals surface area (Å²) in [6.07, 6.45) is 2.15. The molecule has 1 atom stereocenters. The van der Waals surface area contributed by atoms with Crippen LogP contribution in [0.25, 0.3) is 0 Å². The van der Waals surface area contributed by atoms with Gasteiger partial charge >= 0.3 is 0 Å². The highest BCUT2D eigenvalue weighted by molar-refractivity contribution is 5.81. The van der Waals surface area contributed by atoms with E-state index in [1.54, 1.807) is 0 Å². The van der Waals surface area contributed by atoms with Crippen LogP contribution in [0.1, 0.15) is 31.4 Å². The van der Waals surface area contributed by atoms with Gasteiger partial charge in [0, 0.05) is 13.0 Å². The molecule has 2 rings (SSSR count). The molecule has 1 aliphatic carbocycles. The van der Waals surface area contributed by atoms with E-state index in [0.29, 0.717) is 11.8 Å². The normalized spacial score (nSPS) is 17.2. The second kappa shape index (κ2) is 4.05. The number of amides is 1. The zero-order chi connectivity index (χ0) is 10.8. The van der Waals surface area contributed by atoms with Crippen LogP contribution < -0.4 is 0 Å². The molecule has 1 fully saturated rings. The van der Waals surface area contributed by atoms with Crippen molar-refractivity contribution in [2.45, 2.75) is 25.8 Å². The first-order chi connectivity index (χ1) is 7.20. The van der Waals surface area contributed by atoms with Crippen molar-refractivity contribution in [1.29, 1.82) is 0 Å². The molecule has 1 aromatic rings. The van der Waals surface area contributed by atoms with Crippen LogP contribution in [0.4, 0.5) is 0 Å². The molecule has 0 aromatic heterocycles. The summed E-state index contributed by atoms with van der Waals surface area (Å²) >= 11 is 0. The lowest BCUT2D eigenvalue weighted by Gasteiger charge is -2.25. The van der Waals surface area contributed by atoms with Gasteiger partial charge in [-0.1, -0.05) is 30.3 Å². The first-order valence-electron chi connectivity index (χ1n) is 5.52. The maximum atomic E-state index is 11.8. The van der Waals surface area contributed by atoms with E-state index in [2.05, 4.69) is 19.1 Å². The molecule has 2 nitrogen and oxygen atoms in total. The van der Waals surface area contributed by atoms with Gasteiger partial charge in [-0.25, -0.2) is 0 Å². The molecule has 0 unspecified atom stereocenters. The number of hydrogen-bond donors (Lipinski definition) is 0. The minimum atomic E-state index is 0.180. The van der Waals surface area contributed by atoms with E-state index in [0.717, 1.165) is 12.8 Å². The summed E-state index contributed by atoms with van der Waals surface area (Å²) in [6, 6.07) is 10.4. The average molecular weight is 203 g/mol. The number of rotatable bonds is 3. The van der Waals surface area contributed by atoms with Gasteiger partial charge in [-0.05, 0) is 25.3 Å². The lowest BCUT2D eigenvalue weighted by atomic mass is 10.1. The third-order valence-corrected chi connectivity index (χ3v) is 3.14. The summed E-state index contributed by atoms with van der Waals surface area (Å²) in [5.41, 5.74) is 1.20. The second-order valence-corrected chi connectivity index (χ2v) is 4.31. The molecule has 2 heteroatoms. The van der Waals surface area contributed by atoms with E-state index >= 15 is 0 Å². The molecule has 1 aliphatic rings. The molecule has 0 radical (unpaired) electrons. The molecule has 0 saturated heterocycles. The summed E-state index contributed by atoms with van der Waals surface area (Å²) in [7, 11) is 1.90. The van der Waals surface area contributed by atoms with E-state index in [9.17, 15) is 4.79 Å². The van der Waals surface area contributed by atoms with Crippen molar-refractivity contribution in [2.75, 3.05) is 7.05 Å². The van der Waals surface area contributed by atoms with Crippen LogP contribution >= 0.6 is 0 Å². The van der Waals surface area contributed by atoms with Crippen LogP contribution in [0.2, 0.25) is 0 Å². The molecule has 0 bridgehead atoms. The van der Waals surface area contributed by atoms with E-state index in [4.69, 9.17) is 0 Å².